The van der Waals surface area contributed by atoms with Gasteiger partial charge in [0.2, 0.25) is 5.89 Å². The molecule has 0 amide bonds. The molecule has 0 bridgehead atoms. The highest BCUT2D eigenvalue weighted by molar-refractivity contribution is 5.84. The summed E-state index contributed by atoms with van der Waals surface area (Å²) in [4.78, 5) is 16.6. The number of rotatable bonds is 3. The second kappa shape index (κ2) is 4.41. The summed E-state index contributed by atoms with van der Waals surface area (Å²) < 4.78 is 5.07. The number of piperazine rings is 1. The molecule has 0 atom stereocenters. The Morgan fingerprint density at radius 1 is 1.60 bits per heavy atom. The third-order valence-corrected chi connectivity index (χ3v) is 2.34. The lowest BCUT2D eigenvalue weighted by atomic mass is 10.3. The third-order valence-electron chi connectivity index (χ3n) is 2.34. The van der Waals surface area contributed by atoms with Gasteiger partial charge < -0.3 is 14.8 Å². The van der Waals surface area contributed by atoms with Crippen LogP contribution in [-0.2, 0) is 6.54 Å². The topological polar surface area (TPSA) is 78.6 Å². The standard InChI is InChI=1S/C9H13N3O3/c13-9(14)7-6-15-8(11-7)5-12-3-1-10-2-4-12/h6,10H,1-5H2,(H,13,14). The van der Waals surface area contributed by atoms with Crippen LogP contribution in [0.15, 0.2) is 10.7 Å². The van der Waals surface area contributed by atoms with Crippen molar-refractivity contribution in [3.05, 3.63) is 17.8 Å². The quantitative estimate of drug-likeness (QED) is 0.719. The Morgan fingerprint density at radius 3 is 2.93 bits per heavy atom. The number of aromatic nitrogens is 1. The first-order chi connectivity index (χ1) is 7.25. The Hall–Kier alpha value is -1.40. The molecule has 0 aromatic carbocycles. The number of hydrogen-bond acceptors (Lipinski definition) is 5. The highest BCUT2D eigenvalue weighted by atomic mass is 16.4. The van der Waals surface area contributed by atoms with Gasteiger partial charge in [0.05, 0.1) is 6.54 Å². The van der Waals surface area contributed by atoms with Crippen LogP contribution in [0.2, 0.25) is 0 Å². The molecule has 1 aromatic heterocycles. The largest absolute Gasteiger partial charge is 0.476 e. The van der Waals surface area contributed by atoms with Gasteiger partial charge in [-0.1, -0.05) is 0 Å². The molecule has 2 N–H and O–H groups in total. The molecule has 1 saturated heterocycles. The molecule has 1 fully saturated rings. The van der Waals surface area contributed by atoms with Crippen molar-refractivity contribution in [2.24, 2.45) is 0 Å². The molecule has 1 aromatic rings. The molecule has 0 radical (unpaired) electrons. The first-order valence-corrected chi connectivity index (χ1v) is 4.86. The van der Waals surface area contributed by atoms with E-state index in [0.29, 0.717) is 12.4 Å². The first-order valence-electron chi connectivity index (χ1n) is 4.86. The van der Waals surface area contributed by atoms with Gasteiger partial charge in [-0.15, -0.1) is 0 Å². The van der Waals surface area contributed by atoms with Crippen molar-refractivity contribution >= 4 is 5.97 Å². The van der Waals surface area contributed by atoms with Gasteiger partial charge in [-0.05, 0) is 0 Å². The molecule has 15 heavy (non-hydrogen) atoms. The number of carboxylic acids is 1. The van der Waals surface area contributed by atoms with Gasteiger partial charge >= 0.3 is 5.97 Å². The van der Waals surface area contributed by atoms with E-state index in [1.165, 1.54) is 6.26 Å². The van der Waals surface area contributed by atoms with Gasteiger partial charge in [0.1, 0.15) is 6.26 Å². The fraction of sp³-hybridized carbons (Fsp3) is 0.556. The van der Waals surface area contributed by atoms with E-state index < -0.39 is 5.97 Å². The van der Waals surface area contributed by atoms with Crippen molar-refractivity contribution in [1.29, 1.82) is 0 Å². The van der Waals surface area contributed by atoms with Crippen molar-refractivity contribution in [2.45, 2.75) is 6.54 Å². The van der Waals surface area contributed by atoms with Crippen LogP contribution in [0.5, 0.6) is 0 Å². The van der Waals surface area contributed by atoms with E-state index in [1.54, 1.807) is 0 Å². The Morgan fingerprint density at radius 2 is 2.33 bits per heavy atom. The van der Waals surface area contributed by atoms with E-state index in [1.807, 2.05) is 0 Å². The number of nitrogens with zero attached hydrogens (tertiary/aromatic N) is 2. The van der Waals surface area contributed by atoms with E-state index in [-0.39, 0.29) is 5.69 Å². The molecule has 6 nitrogen and oxygen atoms in total. The molecule has 0 unspecified atom stereocenters. The van der Waals surface area contributed by atoms with Crippen molar-refractivity contribution in [3.63, 3.8) is 0 Å². The summed E-state index contributed by atoms with van der Waals surface area (Å²) in [6.45, 7) is 4.35. The van der Waals surface area contributed by atoms with Crippen LogP contribution in [0.25, 0.3) is 0 Å². The van der Waals surface area contributed by atoms with E-state index in [2.05, 4.69) is 15.2 Å². The normalized spacial score (nSPS) is 17.9. The summed E-state index contributed by atoms with van der Waals surface area (Å²) in [5.41, 5.74) is -0.0277. The maximum Gasteiger partial charge on any atom is 0.357 e. The highest BCUT2D eigenvalue weighted by Gasteiger charge is 2.15. The SMILES string of the molecule is O=C(O)c1coc(CN2CCNCC2)n1. The Kier molecular flexibility index (Phi) is 2.98. The fourth-order valence-electron chi connectivity index (χ4n) is 1.54. The summed E-state index contributed by atoms with van der Waals surface area (Å²) in [7, 11) is 0. The molecule has 0 saturated carbocycles. The fourth-order valence-corrected chi connectivity index (χ4v) is 1.54. The van der Waals surface area contributed by atoms with Gasteiger partial charge in [0, 0.05) is 26.2 Å². The number of carbonyl (C=O) groups is 1. The molecule has 1 aliphatic heterocycles. The molecule has 2 rings (SSSR count). The Bertz CT molecular complexity index is 344. The zero-order chi connectivity index (χ0) is 10.7. The maximum atomic E-state index is 10.6. The number of hydrogen-bond donors (Lipinski definition) is 2. The average Bonchev–Trinajstić information content (AvgIpc) is 2.68. The number of nitrogens with one attached hydrogen (secondary N) is 1. The number of carboxylic acid groups (broad SMARTS) is 1. The van der Waals surface area contributed by atoms with Crippen molar-refractivity contribution < 1.29 is 14.3 Å². The molecule has 82 valence electrons. The van der Waals surface area contributed by atoms with Crippen LogP contribution in [0.1, 0.15) is 16.4 Å². The molecule has 2 heterocycles. The predicted octanol–water partition coefficient (Wildman–Crippen LogP) is -0.222. The summed E-state index contributed by atoms with van der Waals surface area (Å²) >= 11 is 0. The van der Waals surface area contributed by atoms with Crippen LogP contribution in [0.4, 0.5) is 0 Å². The first kappa shape index (κ1) is 10.1. The molecular formula is C9H13N3O3. The minimum absolute atomic E-state index is 0.0277. The second-order valence-electron chi connectivity index (χ2n) is 3.46. The maximum absolute atomic E-state index is 10.6. The van der Waals surface area contributed by atoms with Gasteiger partial charge in [0.25, 0.3) is 0 Å². The second-order valence-corrected chi connectivity index (χ2v) is 3.46. The molecule has 1 aliphatic rings. The monoisotopic (exact) mass is 211 g/mol. The van der Waals surface area contributed by atoms with E-state index >= 15 is 0 Å². The highest BCUT2D eigenvalue weighted by Crippen LogP contribution is 2.06. The lowest BCUT2D eigenvalue weighted by Crippen LogP contribution is -2.42. The van der Waals surface area contributed by atoms with Gasteiger partial charge in [-0.3, -0.25) is 4.90 Å². The van der Waals surface area contributed by atoms with Crippen molar-refractivity contribution in [1.82, 2.24) is 15.2 Å². The molecule has 6 heteroatoms. The molecule has 0 aliphatic carbocycles. The van der Waals surface area contributed by atoms with Crippen LogP contribution in [0, 0.1) is 0 Å². The van der Waals surface area contributed by atoms with E-state index in [4.69, 9.17) is 9.52 Å². The molecule has 0 spiro atoms. The summed E-state index contributed by atoms with van der Waals surface area (Å²) in [5.74, 6) is -0.584. The van der Waals surface area contributed by atoms with Gasteiger partial charge in [0.15, 0.2) is 5.69 Å². The average molecular weight is 211 g/mol. The van der Waals surface area contributed by atoms with E-state index in [0.717, 1.165) is 26.2 Å². The Labute approximate surface area is 86.9 Å². The zero-order valence-corrected chi connectivity index (χ0v) is 8.27. The zero-order valence-electron chi connectivity index (χ0n) is 8.27. The van der Waals surface area contributed by atoms with Crippen LogP contribution >= 0.6 is 0 Å². The summed E-state index contributed by atoms with van der Waals surface area (Å²) in [6, 6.07) is 0. The number of aromatic carboxylic acids is 1. The van der Waals surface area contributed by atoms with Crippen molar-refractivity contribution in [3.8, 4) is 0 Å². The van der Waals surface area contributed by atoms with Gasteiger partial charge in [-0.2, -0.15) is 0 Å². The number of oxazole rings is 1. The molecular weight excluding hydrogens is 198 g/mol. The third kappa shape index (κ3) is 2.54. The van der Waals surface area contributed by atoms with Crippen LogP contribution in [-0.4, -0.2) is 47.1 Å². The van der Waals surface area contributed by atoms with Crippen LogP contribution < -0.4 is 5.32 Å². The minimum atomic E-state index is -1.05. The van der Waals surface area contributed by atoms with Gasteiger partial charge in [-0.25, -0.2) is 9.78 Å². The van der Waals surface area contributed by atoms with E-state index in [9.17, 15) is 4.79 Å². The summed E-state index contributed by atoms with van der Waals surface area (Å²) in [6.07, 6.45) is 1.18. The van der Waals surface area contributed by atoms with Crippen molar-refractivity contribution in [2.75, 3.05) is 26.2 Å². The lowest BCUT2D eigenvalue weighted by Gasteiger charge is -2.25. The smallest absolute Gasteiger partial charge is 0.357 e. The van der Waals surface area contributed by atoms with Crippen LogP contribution in [0.3, 0.4) is 0 Å². The summed E-state index contributed by atoms with van der Waals surface area (Å²) in [5, 5.41) is 11.9. The minimum Gasteiger partial charge on any atom is -0.476 e. The lowest BCUT2D eigenvalue weighted by molar-refractivity contribution is 0.0690. The Balaban J connectivity index is 1.94. The predicted molar refractivity (Wildman–Crippen MR) is 51.6 cm³/mol.